The summed E-state index contributed by atoms with van der Waals surface area (Å²) in [6.45, 7) is 2.21. The summed E-state index contributed by atoms with van der Waals surface area (Å²) in [4.78, 5) is 0. The monoisotopic (exact) mass is 315 g/mol. The lowest BCUT2D eigenvalue weighted by atomic mass is 10.00. The first-order chi connectivity index (χ1) is 8.66. The number of nitrogens with two attached hydrogens (primary N) is 1. The van der Waals surface area contributed by atoms with Crippen molar-refractivity contribution in [1.29, 1.82) is 0 Å². The molecule has 1 unspecified atom stereocenters. The maximum Gasteiger partial charge on any atom is 0.129 e. The van der Waals surface area contributed by atoms with Crippen LogP contribution in [0.1, 0.15) is 63.5 Å². The zero-order chi connectivity index (χ0) is 13.4. The first-order valence-corrected chi connectivity index (χ1v) is 7.65. The van der Waals surface area contributed by atoms with E-state index in [0.717, 1.165) is 17.3 Å². The van der Waals surface area contributed by atoms with E-state index < -0.39 is 0 Å². The first-order valence-electron chi connectivity index (χ1n) is 6.86. The fraction of sp³-hybridized carbons (Fsp3) is 0.600. The Morgan fingerprint density at radius 3 is 2.50 bits per heavy atom. The minimum atomic E-state index is -0.206. The predicted molar refractivity (Wildman–Crippen MR) is 79.0 cm³/mol. The van der Waals surface area contributed by atoms with Gasteiger partial charge in [-0.15, -0.1) is 0 Å². The topological polar surface area (TPSA) is 26.0 Å². The van der Waals surface area contributed by atoms with Crippen molar-refractivity contribution < 1.29 is 4.39 Å². The molecule has 2 N–H and O–H groups in total. The smallest absolute Gasteiger partial charge is 0.129 e. The van der Waals surface area contributed by atoms with E-state index in [1.807, 2.05) is 6.07 Å². The third-order valence-electron chi connectivity index (χ3n) is 3.24. The molecule has 0 aliphatic carbocycles. The fourth-order valence-electron chi connectivity index (χ4n) is 2.15. The Labute approximate surface area is 118 Å². The SMILES string of the molecule is CCCCCCCCC(N)c1c(F)cccc1Br. The van der Waals surface area contributed by atoms with Gasteiger partial charge in [0.2, 0.25) is 0 Å². The molecule has 3 heteroatoms. The van der Waals surface area contributed by atoms with Crippen LogP contribution in [0.3, 0.4) is 0 Å². The van der Waals surface area contributed by atoms with Gasteiger partial charge < -0.3 is 5.73 Å². The lowest BCUT2D eigenvalue weighted by Crippen LogP contribution is -2.12. The van der Waals surface area contributed by atoms with E-state index >= 15 is 0 Å². The van der Waals surface area contributed by atoms with Crippen molar-refractivity contribution in [2.24, 2.45) is 5.73 Å². The average Bonchev–Trinajstić information content (AvgIpc) is 2.33. The van der Waals surface area contributed by atoms with Gasteiger partial charge in [0.1, 0.15) is 5.82 Å². The summed E-state index contributed by atoms with van der Waals surface area (Å²) in [5.74, 6) is -0.206. The quantitative estimate of drug-likeness (QED) is 0.644. The maximum atomic E-state index is 13.7. The van der Waals surface area contributed by atoms with Crippen molar-refractivity contribution in [2.45, 2.75) is 57.9 Å². The highest BCUT2D eigenvalue weighted by Crippen LogP contribution is 2.28. The molecule has 1 nitrogen and oxygen atoms in total. The van der Waals surface area contributed by atoms with Gasteiger partial charge >= 0.3 is 0 Å². The lowest BCUT2D eigenvalue weighted by molar-refractivity contribution is 0.521. The lowest BCUT2D eigenvalue weighted by Gasteiger charge is -2.14. The molecule has 0 saturated heterocycles. The Morgan fingerprint density at radius 2 is 1.83 bits per heavy atom. The third kappa shape index (κ3) is 5.07. The van der Waals surface area contributed by atoms with Gasteiger partial charge in [0.25, 0.3) is 0 Å². The van der Waals surface area contributed by atoms with Gasteiger partial charge in [0.05, 0.1) is 0 Å². The molecule has 0 aliphatic heterocycles. The van der Waals surface area contributed by atoms with E-state index in [9.17, 15) is 4.39 Å². The molecule has 0 saturated carbocycles. The fourth-order valence-corrected chi connectivity index (χ4v) is 2.79. The van der Waals surface area contributed by atoms with Crippen molar-refractivity contribution in [1.82, 2.24) is 0 Å². The second-order valence-corrected chi connectivity index (χ2v) is 5.65. The number of halogens is 2. The molecule has 0 spiro atoms. The maximum absolute atomic E-state index is 13.7. The van der Waals surface area contributed by atoms with Gasteiger partial charge in [0.15, 0.2) is 0 Å². The molecular weight excluding hydrogens is 293 g/mol. The number of rotatable bonds is 8. The van der Waals surface area contributed by atoms with Crippen LogP contribution in [0.5, 0.6) is 0 Å². The normalized spacial score (nSPS) is 12.7. The van der Waals surface area contributed by atoms with E-state index in [2.05, 4.69) is 22.9 Å². The Balaban J connectivity index is 2.34. The zero-order valence-corrected chi connectivity index (χ0v) is 12.7. The van der Waals surface area contributed by atoms with Gasteiger partial charge in [-0.2, -0.15) is 0 Å². The number of hydrogen-bond donors (Lipinski definition) is 1. The van der Waals surface area contributed by atoms with Crippen molar-refractivity contribution >= 4 is 15.9 Å². The van der Waals surface area contributed by atoms with Crippen LogP contribution in [-0.4, -0.2) is 0 Å². The van der Waals surface area contributed by atoms with E-state index in [0.29, 0.717) is 5.56 Å². The van der Waals surface area contributed by atoms with Crippen LogP contribution in [0.25, 0.3) is 0 Å². The van der Waals surface area contributed by atoms with E-state index in [1.54, 1.807) is 6.07 Å². The molecule has 0 heterocycles. The highest BCUT2D eigenvalue weighted by atomic mass is 79.9. The molecule has 1 aromatic rings. The van der Waals surface area contributed by atoms with E-state index in [4.69, 9.17) is 5.73 Å². The number of benzene rings is 1. The van der Waals surface area contributed by atoms with Crippen LogP contribution >= 0.6 is 15.9 Å². The molecule has 102 valence electrons. The summed E-state index contributed by atoms with van der Waals surface area (Å²) in [6.07, 6.45) is 8.26. The van der Waals surface area contributed by atoms with Crippen LogP contribution in [-0.2, 0) is 0 Å². The summed E-state index contributed by atoms with van der Waals surface area (Å²) >= 11 is 3.37. The van der Waals surface area contributed by atoms with Crippen LogP contribution in [0.2, 0.25) is 0 Å². The Kier molecular flexibility index (Phi) is 7.52. The second-order valence-electron chi connectivity index (χ2n) is 4.80. The Hall–Kier alpha value is -0.410. The molecule has 0 aromatic heterocycles. The van der Waals surface area contributed by atoms with Crippen LogP contribution in [0.15, 0.2) is 22.7 Å². The zero-order valence-electron chi connectivity index (χ0n) is 11.1. The van der Waals surface area contributed by atoms with Crippen LogP contribution < -0.4 is 5.73 Å². The van der Waals surface area contributed by atoms with Crippen molar-refractivity contribution in [3.05, 3.63) is 34.1 Å². The van der Waals surface area contributed by atoms with E-state index in [1.165, 1.54) is 38.2 Å². The highest BCUT2D eigenvalue weighted by molar-refractivity contribution is 9.10. The Morgan fingerprint density at radius 1 is 1.17 bits per heavy atom. The molecule has 1 atom stereocenters. The number of hydrogen-bond acceptors (Lipinski definition) is 1. The van der Waals surface area contributed by atoms with Crippen molar-refractivity contribution in [3.63, 3.8) is 0 Å². The molecule has 0 amide bonds. The van der Waals surface area contributed by atoms with Crippen molar-refractivity contribution in [3.8, 4) is 0 Å². The summed E-state index contributed by atoms with van der Waals surface area (Å²) in [6, 6.07) is 4.81. The summed E-state index contributed by atoms with van der Waals surface area (Å²) < 4.78 is 14.4. The van der Waals surface area contributed by atoms with Gasteiger partial charge in [-0.3, -0.25) is 0 Å². The standard InChI is InChI=1S/C15H23BrFN/c1-2-3-4-5-6-7-11-14(18)15-12(16)9-8-10-13(15)17/h8-10,14H,2-7,11,18H2,1H3. The van der Waals surface area contributed by atoms with Gasteiger partial charge in [0, 0.05) is 16.1 Å². The first kappa shape index (κ1) is 15.6. The number of unbranched alkanes of at least 4 members (excludes halogenated alkanes) is 5. The summed E-state index contributed by atoms with van der Waals surface area (Å²) in [5, 5.41) is 0. The largest absolute Gasteiger partial charge is 0.324 e. The van der Waals surface area contributed by atoms with Crippen LogP contribution in [0, 0.1) is 5.82 Å². The minimum Gasteiger partial charge on any atom is -0.324 e. The van der Waals surface area contributed by atoms with E-state index in [-0.39, 0.29) is 11.9 Å². The molecule has 1 aromatic carbocycles. The molecule has 0 radical (unpaired) electrons. The predicted octanol–water partition coefficient (Wildman–Crippen LogP) is 5.34. The molecular formula is C15H23BrFN. The van der Waals surface area contributed by atoms with Gasteiger partial charge in [-0.05, 0) is 18.6 Å². The molecule has 0 bridgehead atoms. The van der Waals surface area contributed by atoms with Gasteiger partial charge in [-0.25, -0.2) is 4.39 Å². The van der Waals surface area contributed by atoms with Gasteiger partial charge in [-0.1, -0.05) is 67.4 Å². The average molecular weight is 316 g/mol. The summed E-state index contributed by atoms with van der Waals surface area (Å²) in [7, 11) is 0. The highest BCUT2D eigenvalue weighted by Gasteiger charge is 2.14. The molecule has 1 rings (SSSR count). The second kappa shape index (κ2) is 8.65. The molecule has 18 heavy (non-hydrogen) atoms. The summed E-state index contributed by atoms with van der Waals surface area (Å²) in [5.41, 5.74) is 6.68. The molecule has 0 fully saturated rings. The van der Waals surface area contributed by atoms with Crippen LogP contribution in [0.4, 0.5) is 4.39 Å². The van der Waals surface area contributed by atoms with Crippen molar-refractivity contribution in [2.75, 3.05) is 0 Å². The Bertz CT molecular complexity index is 334. The third-order valence-corrected chi connectivity index (χ3v) is 3.93. The molecule has 0 aliphatic rings. The minimum absolute atomic E-state index is 0.202.